The highest BCUT2D eigenvalue weighted by Crippen LogP contribution is 2.30. The molecular formula is C26H32N4O4S. The van der Waals surface area contributed by atoms with Crippen LogP contribution in [-0.4, -0.2) is 56.2 Å². The van der Waals surface area contributed by atoms with E-state index in [2.05, 4.69) is 9.97 Å². The molecule has 1 amide bonds. The lowest BCUT2D eigenvalue weighted by Crippen LogP contribution is -2.33. The monoisotopic (exact) mass is 508 g/mol. The lowest BCUT2D eigenvalue weighted by molar-refractivity contribution is -0.123. The van der Waals surface area contributed by atoms with Gasteiger partial charge < -0.3 is 9.64 Å². The van der Waals surface area contributed by atoms with Gasteiger partial charge in [-0.25, -0.2) is 13.4 Å². The van der Waals surface area contributed by atoms with Crippen LogP contribution in [0.15, 0.2) is 66.9 Å². The highest BCUT2D eigenvalue weighted by Gasteiger charge is 2.17. The average molecular weight is 509 g/mol. The van der Waals surface area contributed by atoms with Gasteiger partial charge in [-0.15, -0.1) is 0 Å². The number of ether oxygens (including phenoxy) is 1. The first-order chi connectivity index (χ1) is 21.5. The molecule has 35 heavy (non-hydrogen) atoms. The number of carbonyl (C=O) groups is 1. The first kappa shape index (κ1) is 14.3. The lowest BCUT2D eigenvalue weighted by atomic mass is 10.0. The second kappa shape index (κ2) is 12.4. The van der Waals surface area contributed by atoms with Gasteiger partial charge >= 0.3 is 0 Å². The Balaban J connectivity index is 2.02. The van der Waals surface area contributed by atoms with E-state index in [-0.39, 0.29) is 17.0 Å². The first-order valence-corrected chi connectivity index (χ1v) is 11.9. The number of sulfonamides is 1. The molecule has 186 valence electrons. The van der Waals surface area contributed by atoms with Crippen LogP contribution in [0.1, 0.15) is 43.0 Å². The van der Waals surface area contributed by atoms with E-state index in [0.717, 1.165) is 6.20 Å². The van der Waals surface area contributed by atoms with Crippen LogP contribution in [-0.2, 0) is 19.6 Å². The van der Waals surface area contributed by atoms with Crippen molar-refractivity contribution >= 4 is 21.7 Å². The summed E-state index contributed by atoms with van der Waals surface area (Å²) in [4.78, 5) is 21.1. The fourth-order valence-electron chi connectivity index (χ4n) is 3.08. The molecule has 0 aliphatic carbocycles. The molecule has 0 bridgehead atoms. The van der Waals surface area contributed by atoms with E-state index in [9.17, 15) is 13.2 Å². The predicted octanol–water partition coefficient (Wildman–Crippen LogP) is 3.90. The maximum atomic E-state index is 11.9. The van der Waals surface area contributed by atoms with Gasteiger partial charge in [0.25, 0.3) is 5.91 Å². The molecule has 9 heteroatoms. The minimum absolute atomic E-state index is 0.162. The number of hydrogen-bond acceptors (Lipinski definition) is 7. The summed E-state index contributed by atoms with van der Waals surface area (Å²) in [5.41, 5.74) is 1.59. The van der Waals surface area contributed by atoms with Crippen LogP contribution >= 0.6 is 0 Å². The van der Waals surface area contributed by atoms with Crippen molar-refractivity contribution in [1.82, 2.24) is 14.7 Å². The second-order valence-corrected chi connectivity index (χ2v) is 8.40. The fraction of sp³-hybridized carbons (Fsp3) is 0.346. The van der Waals surface area contributed by atoms with E-state index < -0.39 is 73.8 Å². The molecule has 2 aromatic carbocycles. The second-order valence-electron chi connectivity index (χ2n) is 7.18. The van der Waals surface area contributed by atoms with Gasteiger partial charge in [-0.3, -0.25) is 14.5 Å². The number of carbonyl (C=O) groups excluding carboxylic acids is 1. The number of benzene rings is 2. The molecule has 8 nitrogen and oxygen atoms in total. The van der Waals surface area contributed by atoms with Gasteiger partial charge in [0.05, 0.1) is 25.1 Å². The Bertz CT molecular complexity index is 1620. The number of aromatic nitrogens is 2. The molecule has 0 fully saturated rings. The van der Waals surface area contributed by atoms with Crippen molar-refractivity contribution in [3.8, 4) is 22.5 Å². The van der Waals surface area contributed by atoms with E-state index in [0.29, 0.717) is 16.8 Å². The van der Waals surface area contributed by atoms with Crippen LogP contribution in [0.25, 0.3) is 22.5 Å². The summed E-state index contributed by atoms with van der Waals surface area (Å²) in [5, 5.41) is 0. The van der Waals surface area contributed by atoms with E-state index >= 15 is 0 Å². The van der Waals surface area contributed by atoms with Crippen molar-refractivity contribution in [3.05, 3.63) is 66.9 Å². The van der Waals surface area contributed by atoms with Gasteiger partial charge in [-0.2, -0.15) is 0 Å². The van der Waals surface area contributed by atoms with E-state index in [1.165, 1.54) is 4.72 Å². The molecule has 1 aromatic heterocycles. The summed E-state index contributed by atoms with van der Waals surface area (Å²) in [7, 11) is -4.98. The number of anilines is 1. The average Bonchev–Trinajstić information content (AvgIpc) is 2.95. The van der Waals surface area contributed by atoms with Crippen LogP contribution in [0.2, 0.25) is 0 Å². The third kappa shape index (κ3) is 8.15. The SMILES string of the molecule is [2H]C([2H])(CCCOCC(=O)NS(=O)(=O)C([2H])([2H])[2H])N(c1cnc(-c2ccccc2)c(-c2ccccc2)n1)C([2H])(C([2H])([2H])[2H])C([2H])([2H])[2H]. The Morgan fingerprint density at radius 1 is 1.09 bits per heavy atom. The third-order valence-electron chi connectivity index (χ3n) is 4.52. The number of rotatable bonds is 12. The maximum absolute atomic E-state index is 11.9. The Morgan fingerprint density at radius 2 is 1.74 bits per heavy atom. The number of hydrogen-bond donors (Lipinski definition) is 1. The van der Waals surface area contributed by atoms with E-state index in [1.54, 1.807) is 60.7 Å². The van der Waals surface area contributed by atoms with Gasteiger partial charge in [-0.1, -0.05) is 60.7 Å². The molecule has 0 saturated carbocycles. The molecule has 0 radical (unpaired) electrons. The van der Waals surface area contributed by atoms with Gasteiger partial charge in [0, 0.05) is 45.3 Å². The van der Waals surface area contributed by atoms with Gasteiger partial charge in [0.15, 0.2) is 0 Å². The standard InChI is InChI=1S/C26H32N4O4S/c1-20(2)30(16-10-11-17-34-19-24(31)29-35(3,32)33)23-18-27-25(21-12-6-4-7-13-21)26(28-23)22-14-8-5-9-15-22/h4-9,12-15,18,20H,10-11,16-17,19H2,1-3H3,(H,29,31)/i1D3,2D3,3D3,16D2,20D. The van der Waals surface area contributed by atoms with E-state index in [4.69, 9.17) is 21.2 Å². The molecule has 0 saturated heterocycles. The highest BCUT2D eigenvalue weighted by atomic mass is 32.2. The zero-order valence-corrected chi connectivity index (χ0v) is 19.4. The van der Waals surface area contributed by atoms with Crippen molar-refractivity contribution in [3.63, 3.8) is 0 Å². The Labute approximate surface area is 224 Å². The molecule has 0 atom stereocenters. The number of nitrogens with one attached hydrogen (secondary N) is 1. The zero-order chi connectivity index (χ0) is 35.5. The molecule has 1 heterocycles. The maximum Gasteiger partial charge on any atom is 0.259 e. The molecule has 1 N–H and O–H groups in total. The van der Waals surface area contributed by atoms with Crippen LogP contribution in [0.3, 0.4) is 0 Å². The zero-order valence-electron chi connectivity index (χ0n) is 30.6. The largest absolute Gasteiger partial charge is 0.372 e. The molecule has 0 aliphatic heterocycles. The molecular weight excluding hydrogens is 464 g/mol. The third-order valence-corrected chi connectivity index (χ3v) is 5.02. The van der Waals surface area contributed by atoms with Crippen molar-refractivity contribution < 1.29 is 34.4 Å². The molecule has 3 rings (SSSR count). The fourth-order valence-corrected chi connectivity index (χ4v) is 3.43. The van der Waals surface area contributed by atoms with Crippen LogP contribution in [0, 0.1) is 0 Å². The summed E-state index contributed by atoms with van der Waals surface area (Å²) < 4.78 is 126. The van der Waals surface area contributed by atoms with Crippen molar-refractivity contribution in [2.24, 2.45) is 0 Å². The smallest absolute Gasteiger partial charge is 0.259 e. The molecule has 0 aliphatic rings. The minimum Gasteiger partial charge on any atom is -0.372 e. The van der Waals surface area contributed by atoms with Gasteiger partial charge in [0.2, 0.25) is 10.0 Å². The Hall–Kier alpha value is -3.30. The summed E-state index contributed by atoms with van der Waals surface area (Å²) in [5.74, 6) is -1.85. The first-order valence-electron chi connectivity index (χ1n) is 16.4. The summed E-state index contributed by atoms with van der Waals surface area (Å²) >= 11 is 0. The van der Waals surface area contributed by atoms with Gasteiger partial charge in [-0.05, 0) is 26.5 Å². The Kier molecular flexibility index (Phi) is 5.08. The highest BCUT2D eigenvalue weighted by molar-refractivity contribution is 7.89. The lowest BCUT2D eigenvalue weighted by Gasteiger charge is -2.28. The number of nitrogens with zero attached hydrogens (tertiary/aromatic N) is 3. The quantitative estimate of drug-likeness (QED) is 0.370. The molecule has 0 unspecified atom stereocenters. The summed E-state index contributed by atoms with van der Waals surface area (Å²) in [6, 6.07) is 13.7. The Morgan fingerprint density at radius 3 is 2.37 bits per heavy atom. The molecule has 0 spiro atoms. The number of amides is 1. The predicted molar refractivity (Wildman–Crippen MR) is 138 cm³/mol. The van der Waals surface area contributed by atoms with Crippen LogP contribution in [0.4, 0.5) is 5.82 Å². The van der Waals surface area contributed by atoms with Crippen molar-refractivity contribution in [2.45, 2.75) is 32.6 Å². The summed E-state index contributed by atoms with van der Waals surface area (Å²) in [6.45, 7) is -11.5. The normalized spacial score (nSPS) is 18.3. The van der Waals surface area contributed by atoms with Crippen molar-refractivity contribution in [2.75, 3.05) is 30.8 Å². The molecule has 3 aromatic rings. The van der Waals surface area contributed by atoms with Gasteiger partial charge in [0.1, 0.15) is 12.4 Å². The summed E-state index contributed by atoms with van der Waals surface area (Å²) in [6.07, 6.45) is -3.45. The minimum atomic E-state index is -4.98. The van der Waals surface area contributed by atoms with Crippen molar-refractivity contribution in [1.29, 1.82) is 0 Å². The topological polar surface area (TPSA) is 101 Å². The van der Waals surface area contributed by atoms with Crippen LogP contribution in [0.5, 0.6) is 0 Å². The van der Waals surface area contributed by atoms with E-state index in [1.807, 2.05) is 0 Å². The van der Waals surface area contributed by atoms with Crippen LogP contribution < -0.4 is 9.62 Å².